The Morgan fingerprint density at radius 2 is 1.32 bits per heavy atom. The van der Waals surface area contributed by atoms with Crippen LogP contribution in [0.3, 0.4) is 0 Å². The molecule has 0 N–H and O–H groups in total. The lowest BCUT2D eigenvalue weighted by Crippen LogP contribution is -2.46. The van der Waals surface area contributed by atoms with Gasteiger partial charge in [0, 0.05) is 49.0 Å². The molecule has 192 valence electrons. The summed E-state index contributed by atoms with van der Waals surface area (Å²) in [6.45, 7) is 5.47. The first kappa shape index (κ1) is 24.4. The van der Waals surface area contributed by atoms with Crippen LogP contribution in [0.1, 0.15) is 39.4 Å². The zero-order valence-corrected chi connectivity index (χ0v) is 21.5. The number of hydrogen-bond donors (Lipinski definition) is 0. The fraction of sp³-hybridized carbons (Fsp3) is 0.242. The molecule has 4 aromatic rings. The molecule has 0 atom stereocenters. The van der Waals surface area contributed by atoms with Gasteiger partial charge in [0.1, 0.15) is 5.82 Å². The summed E-state index contributed by atoms with van der Waals surface area (Å²) in [7, 11) is 0. The van der Waals surface area contributed by atoms with Crippen LogP contribution in [-0.4, -0.2) is 43.5 Å². The van der Waals surface area contributed by atoms with Crippen LogP contribution in [0, 0.1) is 5.82 Å². The summed E-state index contributed by atoms with van der Waals surface area (Å²) in [5, 5.41) is 0. The van der Waals surface area contributed by atoms with Crippen molar-refractivity contribution in [2.45, 2.75) is 18.9 Å². The lowest BCUT2D eigenvalue weighted by atomic mass is 9.88. The van der Waals surface area contributed by atoms with Gasteiger partial charge in [-0.05, 0) is 66.1 Å². The number of fused-ring (bicyclic) bond motifs is 1. The van der Waals surface area contributed by atoms with Crippen molar-refractivity contribution in [1.82, 2.24) is 4.90 Å². The second-order valence-corrected chi connectivity index (χ2v) is 10.2. The minimum atomic E-state index is -0.296. The number of carbonyl (C=O) groups excluding carboxylic acids is 1. The summed E-state index contributed by atoms with van der Waals surface area (Å²) < 4.78 is 13.4. The van der Waals surface area contributed by atoms with E-state index in [0.29, 0.717) is 12.5 Å². The molecule has 1 saturated heterocycles. The molecule has 0 aromatic heterocycles. The largest absolute Gasteiger partial charge is 0.369 e. The van der Waals surface area contributed by atoms with Gasteiger partial charge in [0.15, 0.2) is 0 Å². The average molecular weight is 506 g/mol. The molecule has 0 saturated carbocycles. The average Bonchev–Trinajstić information content (AvgIpc) is 3.30. The molecule has 2 aliphatic heterocycles. The Morgan fingerprint density at radius 3 is 1.95 bits per heavy atom. The molecule has 1 amide bonds. The fourth-order valence-electron chi connectivity index (χ4n) is 5.75. The minimum absolute atomic E-state index is 0.0139. The third kappa shape index (κ3) is 5.07. The minimum Gasteiger partial charge on any atom is -0.369 e. The Kier molecular flexibility index (Phi) is 6.93. The zero-order valence-electron chi connectivity index (χ0n) is 21.5. The topological polar surface area (TPSA) is 26.8 Å². The summed E-state index contributed by atoms with van der Waals surface area (Å²) in [5.41, 5.74) is 6.35. The van der Waals surface area contributed by atoms with Gasteiger partial charge in [0.2, 0.25) is 0 Å². The normalized spacial score (nSPS) is 15.8. The van der Waals surface area contributed by atoms with Gasteiger partial charge in [-0.3, -0.25) is 9.69 Å². The van der Waals surface area contributed by atoms with Gasteiger partial charge in [-0.15, -0.1) is 0 Å². The summed E-state index contributed by atoms with van der Waals surface area (Å²) in [5.74, 6) is 0.0807. The summed E-state index contributed by atoms with van der Waals surface area (Å²) in [6, 6.07) is 34.0. The van der Waals surface area contributed by atoms with Crippen LogP contribution in [0.5, 0.6) is 0 Å². The van der Waals surface area contributed by atoms with Crippen LogP contribution in [-0.2, 0) is 6.54 Å². The van der Waals surface area contributed by atoms with E-state index in [2.05, 4.69) is 82.6 Å². The van der Waals surface area contributed by atoms with Gasteiger partial charge in [-0.2, -0.15) is 0 Å². The lowest BCUT2D eigenvalue weighted by Gasteiger charge is -2.37. The molecule has 2 heterocycles. The van der Waals surface area contributed by atoms with E-state index in [-0.39, 0.29) is 11.7 Å². The molecule has 2 aliphatic rings. The molecule has 38 heavy (non-hydrogen) atoms. The Hall–Kier alpha value is -3.96. The highest BCUT2D eigenvalue weighted by molar-refractivity contribution is 6.10. The van der Waals surface area contributed by atoms with Crippen molar-refractivity contribution in [3.8, 4) is 0 Å². The second kappa shape index (κ2) is 10.8. The van der Waals surface area contributed by atoms with Crippen LogP contribution in [0.25, 0.3) is 0 Å². The molecule has 0 radical (unpaired) electrons. The summed E-state index contributed by atoms with van der Waals surface area (Å²) in [4.78, 5) is 19.8. The molecule has 0 bridgehead atoms. The van der Waals surface area contributed by atoms with E-state index in [1.54, 1.807) is 17.0 Å². The Bertz CT molecular complexity index is 1340. The van der Waals surface area contributed by atoms with Gasteiger partial charge >= 0.3 is 0 Å². The van der Waals surface area contributed by atoms with E-state index in [1.165, 1.54) is 23.3 Å². The maximum atomic E-state index is 13.4. The lowest BCUT2D eigenvalue weighted by molar-refractivity contribution is 0.0996. The number of carbonyl (C=O) groups is 1. The predicted molar refractivity (Wildman–Crippen MR) is 151 cm³/mol. The van der Waals surface area contributed by atoms with Gasteiger partial charge in [-0.1, -0.05) is 66.7 Å². The maximum Gasteiger partial charge on any atom is 0.259 e. The highest BCUT2D eigenvalue weighted by Gasteiger charge is 2.30. The first-order chi connectivity index (χ1) is 18.7. The number of anilines is 2. The summed E-state index contributed by atoms with van der Waals surface area (Å²) >= 11 is 0. The highest BCUT2D eigenvalue weighted by atomic mass is 19.1. The van der Waals surface area contributed by atoms with E-state index in [1.807, 2.05) is 6.07 Å². The van der Waals surface area contributed by atoms with Gasteiger partial charge in [0.25, 0.3) is 5.91 Å². The van der Waals surface area contributed by atoms with Crippen molar-refractivity contribution in [3.05, 3.63) is 131 Å². The van der Waals surface area contributed by atoms with E-state index in [0.717, 1.165) is 61.6 Å². The number of hydrogen-bond acceptors (Lipinski definition) is 3. The van der Waals surface area contributed by atoms with Crippen LogP contribution >= 0.6 is 0 Å². The molecule has 5 heteroatoms. The van der Waals surface area contributed by atoms with E-state index in [4.69, 9.17) is 0 Å². The van der Waals surface area contributed by atoms with Crippen molar-refractivity contribution in [2.75, 3.05) is 42.5 Å². The van der Waals surface area contributed by atoms with Crippen molar-refractivity contribution in [2.24, 2.45) is 0 Å². The van der Waals surface area contributed by atoms with E-state index in [9.17, 15) is 9.18 Å². The Morgan fingerprint density at radius 1 is 0.711 bits per heavy atom. The molecule has 4 nitrogen and oxygen atoms in total. The molecular weight excluding hydrogens is 473 g/mol. The van der Waals surface area contributed by atoms with Gasteiger partial charge in [-0.25, -0.2) is 4.39 Å². The third-order valence-corrected chi connectivity index (χ3v) is 7.91. The fourth-order valence-corrected chi connectivity index (χ4v) is 5.75. The first-order valence-electron chi connectivity index (χ1n) is 13.4. The van der Waals surface area contributed by atoms with Crippen LogP contribution in [0.4, 0.5) is 15.8 Å². The zero-order chi connectivity index (χ0) is 25.9. The highest BCUT2D eigenvalue weighted by Crippen LogP contribution is 2.32. The predicted octanol–water partition coefficient (Wildman–Crippen LogP) is 6.33. The number of piperazine rings is 1. The molecular formula is C33H32FN3O. The van der Waals surface area contributed by atoms with Gasteiger partial charge < -0.3 is 9.80 Å². The molecule has 0 aliphatic carbocycles. The number of amides is 1. The molecule has 0 spiro atoms. The second-order valence-electron chi connectivity index (χ2n) is 10.2. The Balaban J connectivity index is 1.08. The van der Waals surface area contributed by atoms with Crippen molar-refractivity contribution in [3.63, 3.8) is 0 Å². The SMILES string of the molecule is O=C1c2cc(N3CCN(CCC(c4ccccc4)c4ccccc4)CC3)ccc2CN1c1ccc(F)cc1. The maximum absolute atomic E-state index is 13.4. The molecule has 4 aromatic carbocycles. The molecule has 6 rings (SSSR count). The number of halogens is 1. The molecule has 1 fully saturated rings. The molecule has 0 unspecified atom stereocenters. The van der Waals surface area contributed by atoms with Crippen LogP contribution in [0.2, 0.25) is 0 Å². The van der Waals surface area contributed by atoms with Crippen LogP contribution < -0.4 is 9.80 Å². The van der Waals surface area contributed by atoms with Crippen molar-refractivity contribution >= 4 is 17.3 Å². The smallest absolute Gasteiger partial charge is 0.259 e. The van der Waals surface area contributed by atoms with Crippen molar-refractivity contribution in [1.29, 1.82) is 0 Å². The van der Waals surface area contributed by atoms with E-state index >= 15 is 0 Å². The van der Waals surface area contributed by atoms with E-state index < -0.39 is 0 Å². The number of nitrogens with zero attached hydrogens (tertiary/aromatic N) is 3. The van der Waals surface area contributed by atoms with Crippen LogP contribution in [0.15, 0.2) is 103 Å². The van der Waals surface area contributed by atoms with Gasteiger partial charge in [0.05, 0.1) is 6.54 Å². The monoisotopic (exact) mass is 505 g/mol. The third-order valence-electron chi connectivity index (χ3n) is 7.91. The first-order valence-corrected chi connectivity index (χ1v) is 13.4. The standard InChI is InChI=1S/C33H32FN3O/c34-28-12-15-29(16-13-28)37-24-27-11-14-30(23-32(27)33(37)38)36-21-19-35(20-22-36)18-17-31(25-7-3-1-4-8-25)26-9-5-2-6-10-26/h1-16,23,31H,17-22,24H2. The summed E-state index contributed by atoms with van der Waals surface area (Å²) in [6.07, 6.45) is 1.08. The number of rotatable bonds is 7. The van der Waals surface area contributed by atoms with Crippen molar-refractivity contribution < 1.29 is 9.18 Å². The number of benzene rings is 4. The Labute approximate surface area is 223 Å². The quantitative estimate of drug-likeness (QED) is 0.294.